The van der Waals surface area contributed by atoms with E-state index in [1.807, 2.05) is 6.92 Å². The third-order valence-electron chi connectivity index (χ3n) is 4.54. The van der Waals surface area contributed by atoms with Crippen molar-refractivity contribution in [3.05, 3.63) is 29.3 Å². The first-order valence-corrected chi connectivity index (χ1v) is 9.88. The maximum Gasteiger partial charge on any atom is 0.526 e. The molecule has 0 aromatic heterocycles. The first kappa shape index (κ1) is 22.7. The standard InChI is InChI=1S/C20H27BO8/c1-4-6-9-16(22)12-15-11-14-8-7-10-17(18(14)29-21(15)25)19(23)27-13(3)28-20(24)26-5-2/h7-8,10,13,15,25H,4-6,9,11-12H2,1-3H3/t13?,15-/m1/s1. The highest BCUT2D eigenvalue weighted by molar-refractivity contribution is 6.47. The highest BCUT2D eigenvalue weighted by Crippen LogP contribution is 2.36. The number of rotatable bonds is 9. The molecule has 9 heteroatoms. The summed E-state index contributed by atoms with van der Waals surface area (Å²) in [5.74, 6) is -0.832. The van der Waals surface area contributed by atoms with Crippen LogP contribution in [0.15, 0.2) is 18.2 Å². The number of esters is 1. The first-order chi connectivity index (χ1) is 13.8. The lowest BCUT2D eigenvalue weighted by atomic mass is 9.64. The van der Waals surface area contributed by atoms with Crippen molar-refractivity contribution in [1.82, 2.24) is 0 Å². The molecule has 0 saturated heterocycles. The summed E-state index contributed by atoms with van der Waals surface area (Å²) in [5.41, 5.74) is 0.814. The second-order valence-corrected chi connectivity index (χ2v) is 6.89. The largest absolute Gasteiger partial charge is 0.535 e. The number of ketones is 1. The van der Waals surface area contributed by atoms with E-state index in [0.717, 1.165) is 12.8 Å². The molecule has 1 aromatic rings. The van der Waals surface area contributed by atoms with Crippen molar-refractivity contribution in [3.63, 3.8) is 0 Å². The lowest BCUT2D eigenvalue weighted by Crippen LogP contribution is -2.36. The van der Waals surface area contributed by atoms with Gasteiger partial charge in [0.05, 0.1) is 6.61 Å². The maximum absolute atomic E-state index is 12.5. The molecule has 1 unspecified atom stereocenters. The van der Waals surface area contributed by atoms with Crippen LogP contribution < -0.4 is 4.65 Å². The summed E-state index contributed by atoms with van der Waals surface area (Å²) in [4.78, 5) is 35.9. The van der Waals surface area contributed by atoms with Gasteiger partial charge < -0.3 is 23.9 Å². The number of benzene rings is 1. The molecule has 1 heterocycles. The number of unbranched alkanes of at least 4 members (excludes halogenated alkanes) is 1. The second-order valence-electron chi connectivity index (χ2n) is 6.89. The van der Waals surface area contributed by atoms with E-state index in [1.54, 1.807) is 19.1 Å². The van der Waals surface area contributed by atoms with E-state index in [-0.39, 0.29) is 35.9 Å². The van der Waals surface area contributed by atoms with Crippen molar-refractivity contribution in [1.29, 1.82) is 0 Å². The first-order valence-electron chi connectivity index (χ1n) is 9.88. The van der Waals surface area contributed by atoms with Gasteiger partial charge in [-0.2, -0.15) is 0 Å². The summed E-state index contributed by atoms with van der Waals surface area (Å²) >= 11 is 0. The Morgan fingerprint density at radius 3 is 2.72 bits per heavy atom. The number of carbonyl (C=O) groups is 3. The molecular formula is C20H27BO8. The van der Waals surface area contributed by atoms with Gasteiger partial charge in [0.25, 0.3) is 0 Å². The summed E-state index contributed by atoms with van der Waals surface area (Å²) in [7, 11) is -1.20. The van der Waals surface area contributed by atoms with E-state index in [2.05, 4.69) is 4.74 Å². The van der Waals surface area contributed by atoms with Crippen LogP contribution in [0.5, 0.6) is 5.75 Å². The molecule has 0 radical (unpaired) electrons. The molecule has 1 aliphatic heterocycles. The number of carbonyl (C=O) groups excluding carboxylic acids is 3. The van der Waals surface area contributed by atoms with Gasteiger partial charge in [0.2, 0.25) is 6.29 Å². The predicted octanol–water partition coefficient (Wildman–Crippen LogP) is 3.30. The molecule has 0 bridgehead atoms. The van der Waals surface area contributed by atoms with Crippen LogP contribution >= 0.6 is 0 Å². The van der Waals surface area contributed by atoms with E-state index >= 15 is 0 Å². The number of fused-ring (bicyclic) bond motifs is 1. The van der Waals surface area contributed by atoms with E-state index in [4.69, 9.17) is 14.1 Å². The van der Waals surface area contributed by atoms with E-state index in [0.29, 0.717) is 18.4 Å². The van der Waals surface area contributed by atoms with Crippen molar-refractivity contribution in [2.24, 2.45) is 0 Å². The van der Waals surface area contributed by atoms with Crippen molar-refractivity contribution in [3.8, 4) is 5.75 Å². The van der Waals surface area contributed by atoms with Gasteiger partial charge in [0.15, 0.2) is 0 Å². The third-order valence-corrected chi connectivity index (χ3v) is 4.54. The van der Waals surface area contributed by atoms with E-state index in [1.165, 1.54) is 13.0 Å². The summed E-state index contributed by atoms with van der Waals surface area (Å²) in [6.07, 6.45) is 0.768. The normalized spacial score (nSPS) is 16.3. The van der Waals surface area contributed by atoms with Crippen molar-refractivity contribution < 1.29 is 38.3 Å². The lowest BCUT2D eigenvalue weighted by Gasteiger charge is -2.28. The van der Waals surface area contributed by atoms with Gasteiger partial charge in [0.1, 0.15) is 17.1 Å². The Balaban J connectivity index is 2.05. The quantitative estimate of drug-likeness (QED) is 0.378. The fourth-order valence-electron chi connectivity index (χ4n) is 3.11. The van der Waals surface area contributed by atoms with Gasteiger partial charge in [-0.15, -0.1) is 0 Å². The zero-order valence-corrected chi connectivity index (χ0v) is 17.0. The minimum Gasteiger partial charge on any atom is -0.535 e. The number of Topliss-reactive ketones (excluding diaryl/α,β-unsaturated/α-hetero) is 1. The van der Waals surface area contributed by atoms with Gasteiger partial charge in [-0.25, -0.2) is 9.59 Å². The maximum atomic E-state index is 12.5. The van der Waals surface area contributed by atoms with Crippen LogP contribution in [-0.2, 0) is 25.4 Å². The second kappa shape index (κ2) is 10.9. The van der Waals surface area contributed by atoms with Gasteiger partial charge in [-0.05, 0) is 31.4 Å². The SMILES string of the molecule is CCCCC(=O)C[C@H]1Cc2cccc(C(=O)OC(C)OC(=O)OCC)c2OB1O. The molecule has 29 heavy (non-hydrogen) atoms. The van der Waals surface area contributed by atoms with E-state index in [9.17, 15) is 19.4 Å². The number of para-hydroxylation sites is 1. The molecule has 8 nitrogen and oxygen atoms in total. The summed E-state index contributed by atoms with van der Waals surface area (Å²) in [6, 6.07) is 4.95. The minimum absolute atomic E-state index is 0.0865. The number of ether oxygens (including phenoxy) is 3. The Kier molecular flexibility index (Phi) is 8.51. The molecule has 0 aliphatic carbocycles. The van der Waals surface area contributed by atoms with Crippen molar-refractivity contribution in [2.75, 3.05) is 6.61 Å². The molecule has 2 rings (SSSR count). The molecular weight excluding hydrogens is 379 g/mol. The summed E-state index contributed by atoms with van der Waals surface area (Å²) < 4.78 is 20.1. The third kappa shape index (κ3) is 6.49. The highest BCUT2D eigenvalue weighted by Gasteiger charge is 2.38. The Morgan fingerprint density at radius 1 is 1.28 bits per heavy atom. The molecule has 0 fully saturated rings. The summed E-state index contributed by atoms with van der Waals surface area (Å²) in [6.45, 7) is 5.17. The fourth-order valence-corrected chi connectivity index (χ4v) is 3.11. The Hall–Kier alpha value is -2.55. The van der Waals surface area contributed by atoms with Crippen molar-refractivity contribution >= 4 is 25.0 Å². The topological polar surface area (TPSA) is 108 Å². The smallest absolute Gasteiger partial charge is 0.526 e. The summed E-state index contributed by atoms with van der Waals surface area (Å²) in [5, 5.41) is 10.3. The van der Waals surface area contributed by atoms with Gasteiger partial charge >= 0.3 is 19.2 Å². The number of hydrogen-bond donors (Lipinski definition) is 1. The average molecular weight is 406 g/mol. The molecule has 2 atom stereocenters. The number of hydrogen-bond acceptors (Lipinski definition) is 8. The Labute approximate surface area is 170 Å². The highest BCUT2D eigenvalue weighted by atomic mass is 16.8. The Morgan fingerprint density at radius 2 is 2.03 bits per heavy atom. The molecule has 0 spiro atoms. The van der Waals surface area contributed by atoms with Crippen LogP contribution in [0.2, 0.25) is 5.82 Å². The van der Waals surface area contributed by atoms with Gasteiger partial charge in [-0.1, -0.05) is 25.5 Å². The molecule has 1 N–H and O–H groups in total. The van der Waals surface area contributed by atoms with Crippen LogP contribution in [0.25, 0.3) is 0 Å². The van der Waals surface area contributed by atoms with Crippen LogP contribution in [-0.4, -0.2) is 42.9 Å². The van der Waals surface area contributed by atoms with Gasteiger partial charge in [-0.3, -0.25) is 4.79 Å². The predicted molar refractivity (Wildman–Crippen MR) is 105 cm³/mol. The molecule has 158 valence electrons. The monoisotopic (exact) mass is 406 g/mol. The van der Waals surface area contributed by atoms with Crippen LogP contribution in [0, 0.1) is 0 Å². The Bertz CT molecular complexity index is 735. The molecule has 0 amide bonds. The minimum atomic E-state index is -1.20. The van der Waals surface area contributed by atoms with Crippen LogP contribution in [0.3, 0.4) is 0 Å². The average Bonchev–Trinajstić information content (AvgIpc) is 2.66. The van der Waals surface area contributed by atoms with Gasteiger partial charge in [0, 0.05) is 25.6 Å². The molecule has 0 saturated carbocycles. The van der Waals surface area contributed by atoms with E-state index < -0.39 is 25.5 Å². The zero-order valence-electron chi connectivity index (χ0n) is 17.0. The van der Waals surface area contributed by atoms with Crippen LogP contribution in [0.4, 0.5) is 4.79 Å². The molecule has 1 aromatic carbocycles. The fraction of sp³-hybridized carbons (Fsp3) is 0.550. The lowest BCUT2D eigenvalue weighted by molar-refractivity contribution is -0.119. The van der Waals surface area contributed by atoms with Crippen molar-refractivity contribution in [2.45, 2.75) is 65.0 Å². The zero-order chi connectivity index (χ0) is 21.4. The van der Waals surface area contributed by atoms with Crippen LogP contribution in [0.1, 0.15) is 62.4 Å². The molecule has 1 aliphatic rings.